The summed E-state index contributed by atoms with van der Waals surface area (Å²) in [6, 6.07) is 7.50. The molecular weight excluding hydrogens is 327 g/mol. The second-order valence-corrected chi connectivity index (χ2v) is 5.93. The van der Waals surface area contributed by atoms with Gasteiger partial charge in [0.2, 0.25) is 5.82 Å². The van der Waals surface area contributed by atoms with Gasteiger partial charge in [-0.1, -0.05) is 11.6 Å². The van der Waals surface area contributed by atoms with E-state index in [4.69, 9.17) is 11.6 Å². The smallest absolute Gasteiger partial charge is 0.338 e. The van der Waals surface area contributed by atoms with Crippen molar-refractivity contribution in [1.82, 2.24) is 14.5 Å². The van der Waals surface area contributed by atoms with E-state index in [1.807, 2.05) is 36.6 Å². The summed E-state index contributed by atoms with van der Waals surface area (Å²) in [4.78, 5) is 6.88. The van der Waals surface area contributed by atoms with Crippen molar-refractivity contribution >= 4 is 22.5 Å². The van der Waals surface area contributed by atoms with Gasteiger partial charge < -0.3 is 4.57 Å². The van der Waals surface area contributed by atoms with Crippen molar-refractivity contribution in [2.75, 3.05) is 0 Å². The van der Waals surface area contributed by atoms with Crippen LogP contribution >= 0.6 is 11.6 Å². The Morgan fingerprint density at radius 1 is 1.09 bits per heavy atom. The summed E-state index contributed by atoms with van der Waals surface area (Å²) in [5, 5.41) is 1.52. The normalized spacial score (nSPS) is 12.3. The second-order valence-electron chi connectivity index (χ2n) is 5.49. The highest BCUT2D eigenvalue weighted by Crippen LogP contribution is 2.33. The third-order valence-electron chi connectivity index (χ3n) is 3.52. The standard InChI is InChI=1S/C16H13ClF3N3/c1-9(2)23-13-4-3-12(17)5-10(13)6-14(23)11-7-21-15(22-8-11)16(18,19)20/h3-9H,1-2H3. The van der Waals surface area contributed by atoms with E-state index in [0.29, 0.717) is 10.6 Å². The number of hydrogen-bond acceptors (Lipinski definition) is 2. The Kier molecular flexibility index (Phi) is 3.80. The first-order valence-corrected chi connectivity index (χ1v) is 7.35. The zero-order valence-electron chi connectivity index (χ0n) is 12.4. The van der Waals surface area contributed by atoms with E-state index in [9.17, 15) is 13.2 Å². The summed E-state index contributed by atoms with van der Waals surface area (Å²) < 4.78 is 39.8. The summed E-state index contributed by atoms with van der Waals surface area (Å²) in [6.45, 7) is 4.00. The van der Waals surface area contributed by atoms with E-state index >= 15 is 0 Å². The first kappa shape index (κ1) is 15.8. The molecule has 0 atom stereocenters. The summed E-state index contributed by atoms with van der Waals surface area (Å²) in [6.07, 6.45) is -2.15. The lowest BCUT2D eigenvalue weighted by atomic mass is 10.2. The van der Waals surface area contributed by atoms with Gasteiger partial charge in [0.25, 0.3) is 0 Å². The van der Waals surface area contributed by atoms with Crippen molar-refractivity contribution in [2.24, 2.45) is 0 Å². The number of hydrogen-bond donors (Lipinski definition) is 0. The van der Waals surface area contributed by atoms with Gasteiger partial charge in [-0.15, -0.1) is 0 Å². The van der Waals surface area contributed by atoms with Crippen LogP contribution < -0.4 is 0 Å². The number of rotatable bonds is 2. The summed E-state index contributed by atoms with van der Waals surface area (Å²) >= 11 is 6.02. The van der Waals surface area contributed by atoms with Gasteiger partial charge in [-0.2, -0.15) is 13.2 Å². The molecule has 0 aliphatic heterocycles. The Hall–Kier alpha value is -2.08. The van der Waals surface area contributed by atoms with Crippen LogP contribution in [0.25, 0.3) is 22.2 Å². The lowest BCUT2D eigenvalue weighted by molar-refractivity contribution is -0.144. The molecule has 2 heterocycles. The molecule has 0 bridgehead atoms. The summed E-state index contributed by atoms with van der Waals surface area (Å²) in [5.41, 5.74) is 2.24. The molecule has 0 saturated carbocycles. The highest BCUT2D eigenvalue weighted by atomic mass is 35.5. The van der Waals surface area contributed by atoms with Gasteiger partial charge in [-0.25, -0.2) is 9.97 Å². The average Bonchev–Trinajstić information content (AvgIpc) is 2.85. The maximum Gasteiger partial charge on any atom is 0.451 e. The van der Waals surface area contributed by atoms with Crippen molar-refractivity contribution in [3.8, 4) is 11.3 Å². The molecule has 3 aromatic rings. The molecule has 0 radical (unpaired) electrons. The molecule has 7 heteroatoms. The number of aromatic nitrogens is 3. The largest absolute Gasteiger partial charge is 0.451 e. The van der Waals surface area contributed by atoms with E-state index in [2.05, 4.69) is 9.97 Å². The molecule has 3 nitrogen and oxygen atoms in total. The van der Waals surface area contributed by atoms with Gasteiger partial charge in [-0.05, 0) is 38.1 Å². The van der Waals surface area contributed by atoms with Crippen LogP contribution in [0.5, 0.6) is 0 Å². The van der Waals surface area contributed by atoms with Gasteiger partial charge in [0.1, 0.15) is 0 Å². The fourth-order valence-electron chi connectivity index (χ4n) is 2.59. The molecule has 0 saturated heterocycles. The van der Waals surface area contributed by atoms with Gasteiger partial charge in [0, 0.05) is 39.9 Å². The Morgan fingerprint density at radius 2 is 1.74 bits per heavy atom. The molecule has 3 rings (SSSR count). The second kappa shape index (κ2) is 5.53. The van der Waals surface area contributed by atoms with E-state index in [-0.39, 0.29) is 6.04 Å². The minimum Gasteiger partial charge on any atom is -0.338 e. The zero-order chi connectivity index (χ0) is 16.8. The lowest BCUT2D eigenvalue weighted by Crippen LogP contribution is -2.11. The van der Waals surface area contributed by atoms with E-state index in [1.165, 1.54) is 12.4 Å². The number of benzene rings is 1. The van der Waals surface area contributed by atoms with E-state index < -0.39 is 12.0 Å². The first-order chi connectivity index (χ1) is 10.8. The number of nitrogens with zero attached hydrogens (tertiary/aromatic N) is 3. The van der Waals surface area contributed by atoms with E-state index in [1.54, 1.807) is 6.07 Å². The molecule has 0 aliphatic carbocycles. The van der Waals surface area contributed by atoms with Crippen molar-refractivity contribution in [1.29, 1.82) is 0 Å². The van der Waals surface area contributed by atoms with Crippen molar-refractivity contribution in [3.63, 3.8) is 0 Å². The predicted octanol–water partition coefficient (Wildman–Crippen LogP) is 5.35. The number of halogens is 4. The highest BCUT2D eigenvalue weighted by molar-refractivity contribution is 6.31. The fourth-order valence-corrected chi connectivity index (χ4v) is 2.77. The Labute approximate surface area is 135 Å². The molecular formula is C16H13ClF3N3. The van der Waals surface area contributed by atoms with Crippen molar-refractivity contribution in [3.05, 3.63) is 47.5 Å². The molecule has 2 aromatic heterocycles. The third-order valence-corrected chi connectivity index (χ3v) is 3.75. The van der Waals surface area contributed by atoms with Gasteiger partial charge in [-0.3, -0.25) is 0 Å². The molecule has 23 heavy (non-hydrogen) atoms. The molecule has 0 N–H and O–H groups in total. The van der Waals surface area contributed by atoms with Crippen molar-refractivity contribution in [2.45, 2.75) is 26.1 Å². The number of fused-ring (bicyclic) bond motifs is 1. The van der Waals surface area contributed by atoms with Gasteiger partial charge in [0.15, 0.2) is 0 Å². The Balaban J connectivity index is 2.17. The number of alkyl halides is 3. The molecule has 0 amide bonds. The van der Waals surface area contributed by atoms with Crippen LogP contribution in [0, 0.1) is 0 Å². The molecule has 120 valence electrons. The van der Waals surface area contributed by atoms with Gasteiger partial charge >= 0.3 is 6.18 Å². The Morgan fingerprint density at radius 3 is 2.30 bits per heavy atom. The van der Waals surface area contributed by atoms with Crippen LogP contribution in [-0.2, 0) is 6.18 Å². The van der Waals surface area contributed by atoms with Crippen molar-refractivity contribution < 1.29 is 13.2 Å². The highest BCUT2D eigenvalue weighted by Gasteiger charge is 2.34. The minimum absolute atomic E-state index is 0.117. The van der Waals surface area contributed by atoms with E-state index in [0.717, 1.165) is 16.6 Å². The quantitative estimate of drug-likeness (QED) is 0.630. The zero-order valence-corrected chi connectivity index (χ0v) is 13.2. The predicted molar refractivity (Wildman–Crippen MR) is 83.4 cm³/mol. The van der Waals surface area contributed by atoms with Gasteiger partial charge in [0.05, 0.1) is 5.69 Å². The Bertz CT molecular complexity index is 851. The molecule has 0 aliphatic rings. The maximum absolute atomic E-state index is 12.6. The molecule has 0 spiro atoms. The summed E-state index contributed by atoms with van der Waals surface area (Å²) in [5.74, 6) is -1.14. The molecule has 1 aromatic carbocycles. The average molecular weight is 340 g/mol. The summed E-state index contributed by atoms with van der Waals surface area (Å²) in [7, 11) is 0. The van der Waals surface area contributed by atoms with Crippen LogP contribution in [0.3, 0.4) is 0 Å². The monoisotopic (exact) mass is 339 g/mol. The third kappa shape index (κ3) is 2.91. The van der Waals surface area contributed by atoms with Crippen LogP contribution in [0.4, 0.5) is 13.2 Å². The van der Waals surface area contributed by atoms with Crippen LogP contribution in [0.1, 0.15) is 25.7 Å². The first-order valence-electron chi connectivity index (χ1n) is 6.97. The van der Waals surface area contributed by atoms with Crippen LogP contribution in [-0.4, -0.2) is 14.5 Å². The lowest BCUT2D eigenvalue weighted by Gasteiger charge is -2.15. The van der Waals surface area contributed by atoms with Crippen LogP contribution in [0.15, 0.2) is 36.7 Å². The topological polar surface area (TPSA) is 30.7 Å². The molecule has 0 fully saturated rings. The molecule has 0 unspecified atom stereocenters. The van der Waals surface area contributed by atoms with Crippen LogP contribution in [0.2, 0.25) is 5.02 Å². The minimum atomic E-state index is -4.54. The SMILES string of the molecule is CC(C)n1c(-c2cnc(C(F)(F)F)nc2)cc2cc(Cl)ccc21. The fraction of sp³-hybridized carbons (Fsp3) is 0.250. The maximum atomic E-state index is 12.6.